The maximum Gasteiger partial charge on any atom is 0.250 e. The van der Waals surface area contributed by atoms with Crippen LogP contribution in [-0.2, 0) is 0 Å². The van der Waals surface area contributed by atoms with Crippen LogP contribution in [-0.4, -0.2) is 52.5 Å². The Hall–Kier alpha value is -2.90. The molecule has 1 aromatic carbocycles. The van der Waals surface area contributed by atoms with E-state index in [9.17, 15) is 5.11 Å². The number of aromatic hydroxyl groups is 1. The number of hydrogen-bond donors (Lipinski definition) is 2. The van der Waals surface area contributed by atoms with E-state index in [4.69, 9.17) is 0 Å². The molecular weight excluding hydrogens is 330 g/mol. The Balaban J connectivity index is 1.54. The van der Waals surface area contributed by atoms with E-state index < -0.39 is 0 Å². The van der Waals surface area contributed by atoms with Crippen molar-refractivity contribution >= 4 is 24.1 Å². The number of anilines is 3. The molecule has 0 amide bonds. The zero-order chi connectivity index (χ0) is 17.8. The molecule has 2 aliphatic rings. The standard InChI is InChI=1S/C18H23N7O/c26-15-7-5-14(6-8-15)13-19-23-16-20-17(24-9-1-2-10-24)22-18(21-16)25-11-3-4-12-25/h5-8,13,26H,1-4,9-12H2,(H,20,21,22,23). The summed E-state index contributed by atoms with van der Waals surface area (Å²) in [6, 6.07) is 6.83. The lowest BCUT2D eigenvalue weighted by Gasteiger charge is -2.20. The van der Waals surface area contributed by atoms with Gasteiger partial charge in [0.15, 0.2) is 0 Å². The maximum atomic E-state index is 9.33. The molecule has 8 heteroatoms. The van der Waals surface area contributed by atoms with Gasteiger partial charge in [-0.3, -0.25) is 0 Å². The lowest BCUT2D eigenvalue weighted by atomic mass is 10.2. The fraction of sp³-hybridized carbons (Fsp3) is 0.444. The lowest BCUT2D eigenvalue weighted by Crippen LogP contribution is -2.25. The molecule has 8 nitrogen and oxygen atoms in total. The SMILES string of the molecule is Oc1ccc(C=NNc2nc(N3CCCC3)nc(N3CCCC3)n2)cc1. The number of nitrogens with one attached hydrogen (secondary N) is 1. The van der Waals surface area contributed by atoms with E-state index in [1.807, 2.05) is 0 Å². The molecule has 2 saturated heterocycles. The van der Waals surface area contributed by atoms with Gasteiger partial charge in [0.25, 0.3) is 0 Å². The van der Waals surface area contributed by atoms with Gasteiger partial charge in [-0.1, -0.05) is 0 Å². The van der Waals surface area contributed by atoms with E-state index in [2.05, 4.69) is 35.3 Å². The molecule has 0 saturated carbocycles. The second-order valence-corrected chi connectivity index (χ2v) is 6.61. The van der Waals surface area contributed by atoms with Gasteiger partial charge >= 0.3 is 0 Å². The molecular formula is C18H23N7O. The van der Waals surface area contributed by atoms with Crippen molar-refractivity contribution < 1.29 is 5.11 Å². The van der Waals surface area contributed by atoms with Crippen LogP contribution in [0.5, 0.6) is 5.75 Å². The van der Waals surface area contributed by atoms with E-state index in [0.29, 0.717) is 5.95 Å². The van der Waals surface area contributed by atoms with Crippen molar-refractivity contribution in [2.75, 3.05) is 41.4 Å². The number of nitrogens with zero attached hydrogens (tertiary/aromatic N) is 6. The van der Waals surface area contributed by atoms with Crippen LogP contribution in [0.4, 0.5) is 17.8 Å². The maximum absolute atomic E-state index is 9.33. The summed E-state index contributed by atoms with van der Waals surface area (Å²) >= 11 is 0. The number of hydrogen-bond acceptors (Lipinski definition) is 8. The molecule has 26 heavy (non-hydrogen) atoms. The average molecular weight is 353 g/mol. The predicted molar refractivity (Wildman–Crippen MR) is 102 cm³/mol. The first-order valence-electron chi connectivity index (χ1n) is 9.12. The van der Waals surface area contributed by atoms with Crippen molar-refractivity contribution in [3.8, 4) is 5.75 Å². The van der Waals surface area contributed by atoms with Crippen LogP contribution in [0.25, 0.3) is 0 Å². The van der Waals surface area contributed by atoms with E-state index >= 15 is 0 Å². The normalized spacial score (nSPS) is 17.4. The quantitative estimate of drug-likeness (QED) is 0.629. The van der Waals surface area contributed by atoms with E-state index in [-0.39, 0.29) is 5.75 Å². The van der Waals surface area contributed by atoms with Crippen molar-refractivity contribution in [1.29, 1.82) is 0 Å². The number of benzene rings is 1. The van der Waals surface area contributed by atoms with Crippen LogP contribution in [0.3, 0.4) is 0 Å². The highest BCUT2D eigenvalue weighted by molar-refractivity contribution is 5.80. The first kappa shape index (κ1) is 16.6. The second-order valence-electron chi connectivity index (χ2n) is 6.61. The van der Waals surface area contributed by atoms with Gasteiger partial charge in [0, 0.05) is 26.2 Å². The fourth-order valence-corrected chi connectivity index (χ4v) is 3.25. The van der Waals surface area contributed by atoms with Gasteiger partial charge < -0.3 is 14.9 Å². The van der Waals surface area contributed by atoms with Crippen LogP contribution >= 0.6 is 0 Å². The van der Waals surface area contributed by atoms with Crippen molar-refractivity contribution in [2.24, 2.45) is 5.10 Å². The van der Waals surface area contributed by atoms with Gasteiger partial charge in [-0.25, -0.2) is 5.43 Å². The van der Waals surface area contributed by atoms with Crippen LogP contribution in [0, 0.1) is 0 Å². The highest BCUT2D eigenvalue weighted by Crippen LogP contribution is 2.22. The third-order valence-corrected chi connectivity index (χ3v) is 4.66. The van der Waals surface area contributed by atoms with Crippen molar-refractivity contribution in [2.45, 2.75) is 25.7 Å². The monoisotopic (exact) mass is 353 g/mol. The Morgan fingerprint density at radius 3 is 1.92 bits per heavy atom. The highest BCUT2D eigenvalue weighted by atomic mass is 16.3. The summed E-state index contributed by atoms with van der Waals surface area (Å²) in [5.41, 5.74) is 3.81. The van der Waals surface area contributed by atoms with Gasteiger partial charge in [-0.15, -0.1) is 0 Å². The molecule has 136 valence electrons. The van der Waals surface area contributed by atoms with Gasteiger partial charge in [0.1, 0.15) is 5.75 Å². The largest absolute Gasteiger partial charge is 0.508 e. The Bertz CT molecular complexity index is 731. The Kier molecular flexibility index (Phi) is 4.81. The minimum absolute atomic E-state index is 0.234. The number of phenols is 1. The Morgan fingerprint density at radius 1 is 0.846 bits per heavy atom. The smallest absolute Gasteiger partial charge is 0.250 e. The Labute approximate surface area is 152 Å². The van der Waals surface area contributed by atoms with Crippen LogP contribution in [0.1, 0.15) is 31.2 Å². The van der Waals surface area contributed by atoms with E-state index in [1.165, 1.54) is 25.7 Å². The molecule has 0 atom stereocenters. The zero-order valence-corrected chi connectivity index (χ0v) is 14.7. The molecule has 2 fully saturated rings. The third kappa shape index (κ3) is 3.84. The molecule has 0 unspecified atom stereocenters. The van der Waals surface area contributed by atoms with Crippen molar-refractivity contribution in [3.63, 3.8) is 0 Å². The molecule has 0 radical (unpaired) electrons. The Morgan fingerprint density at radius 2 is 1.38 bits per heavy atom. The molecule has 0 bridgehead atoms. The van der Waals surface area contributed by atoms with Crippen LogP contribution in [0.2, 0.25) is 0 Å². The minimum Gasteiger partial charge on any atom is -0.508 e. The fourth-order valence-electron chi connectivity index (χ4n) is 3.25. The lowest BCUT2D eigenvalue weighted by molar-refractivity contribution is 0.475. The molecule has 0 spiro atoms. The topological polar surface area (TPSA) is 89.8 Å². The van der Waals surface area contributed by atoms with Gasteiger partial charge in [0.2, 0.25) is 17.8 Å². The summed E-state index contributed by atoms with van der Waals surface area (Å²) < 4.78 is 0. The minimum atomic E-state index is 0.234. The molecule has 3 heterocycles. The molecule has 4 rings (SSSR count). The molecule has 2 aromatic rings. The highest BCUT2D eigenvalue weighted by Gasteiger charge is 2.21. The first-order valence-corrected chi connectivity index (χ1v) is 9.12. The summed E-state index contributed by atoms with van der Waals surface area (Å²) in [4.78, 5) is 18.2. The van der Waals surface area contributed by atoms with Crippen molar-refractivity contribution in [1.82, 2.24) is 15.0 Å². The van der Waals surface area contributed by atoms with E-state index in [0.717, 1.165) is 43.6 Å². The van der Waals surface area contributed by atoms with Gasteiger partial charge in [-0.2, -0.15) is 20.1 Å². The van der Waals surface area contributed by atoms with Crippen molar-refractivity contribution in [3.05, 3.63) is 29.8 Å². The predicted octanol–water partition coefficient (Wildman–Crippen LogP) is 2.22. The average Bonchev–Trinajstić information content (AvgIpc) is 3.37. The number of aromatic nitrogens is 3. The summed E-state index contributed by atoms with van der Waals surface area (Å²) in [6.07, 6.45) is 6.37. The summed E-state index contributed by atoms with van der Waals surface area (Å²) in [7, 11) is 0. The zero-order valence-electron chi connectivity index (χ0n) is 14.7. The number of hydrazone groups is 1. The van der Waals surface area contributed by atoms with E-state index in [1.54, 1.807) is 30.5 Å². The van der Waals surface area contributed by atoms with Gasteiger partial charge in [-0.05, 0) is 55.5 Å². The number of rotatable bonds is 5. The molecule has 1 aromatic heterocycles. The van der Waals surface area contributed by atoms with Crippen LogP contribution < -0.4 is 15.2 Å². The first-order chi connectivity index (χ1) is 12.8. The second kappa shape index (κ2) is 7.55. The summed E-state index contributed by atoms with van der Waals surface area (Å²) in [5.74, 6) is 2.14. The number of phenolic OH excluding ortho intramolecular Hbond substituents is 1. The third-order valence-electron chi connectivity index (χ3n) is 4.66. The molecule has 0 aliphatic carbocycles. The summed E-state index contributed by atoms with van der Waals surface area (Å²) in [5, 5.41) is 13.6. The molecule has 2 aliphatic heterocycles. The van der Waals surface area contributed by atoms with Gasteiger partial charge in [0.05, 0.1) is 6.21 Å². The van der Waals surface area contributed by atoms with Crippen LogP contribution in [0.15, 0.2) is 29.4 Å². The summed E-state index contributed by atoms with van der Waals surface area (Å²) in [6.45, 7) is 3.94. The molecule has 2 N–H and O–H groups in total.